The molecule has 1 atom stereocenters. The number of thiazole rings is 1. The van der Waals surface area contributed by atoms with Crippen molar-refractivity contribution >= 4 is 17.2 Å². The summed E-state index contributed by atoms with van der Waals surface area (Å²) in [6.45, 7) is 2.20. The molecule has 0 unspecified atom stereocenters. The first kappa shape index (κ1) is 20.6. The number of carbonyl (C=O) groups is 1. The Hall–Kier alpha value is -2.71. The van der Waals surface area contributed by atoms with E-state index in [1.807, 2.05) is 5.38 Å². The summed E-state index contributed by atoms with van der Waals surface area (Å²) < 4.78 is 26.6. The Kier molecular flexibility index (Phi) is 6.44. The molecular formula is C22H22F2N4OS. The van der Waals surface area contributed by atoms with Gasteiger partial charge in [-0.3, -0.25) is 14.7 Å². The van der Waals surface area contributed by atoms with Crippen molar-refractivity contribution in [2.45, 2.75) is 25.4 Å². The number of carbonyl (C=O) groups excluding carboxylic acids is 1. The average molecular weight is 429 g/mol. The van der Waals surface area contributed by atoms with Gasteiger partial charge in [0.2, 0.25) is 0 Å². The van der Waals surface area contributed by atoms with E-state index in [0.29, 0.717) is 12.2 Å². The quantitative estimate of drug-likeness (QED) is 0.639. The van der Waals surface area contributed by atoms with Gasteiger partial charge in [0.05, 0.1) is 6.04 Å². The third-order valence-corrected chi connectivity index (χ3v) is 6.25. The zero-order valence-electron chi connectivity index (χ0n) is 16.3. The van der Waals surface area contributed by atoms with Gasteiger partial charge in [-0.05, 0) is 61.7 Å². The number of amides is 1. The minimum absolute atomic E-state index is 0.176. The second kappa shape index (κ2) is 9.40. The molecule has 3 aromatic rings. The zero-order valence-corrected chi connectivity index (χ0v) is 17.1. The summed E-state index contributed by atoms with van der Waals surface area (Å²) in [6.07, 6.45) is 5.09. The van der Waals surface area contributed by atoms with Crippen LogP contribution in [0.4, 0.5) is 8.78 Å². The van der Waals surface area contributed by atoms with Crippen molar-refractivity contribution in [1.82, 2.24) is 20.2 Å². The van der Waals surface area contributed by atoms with Crippen LogP contribution in [0.2, 0.25) is 0 Å². The second-order valence-electron chi connectivity index (χ2n) is 7.40. The van der Waals surface area contributed by atoms with Crippen LogP contribution >= 0.6 is 11.3 Å². The largest absolute Gasteiger partial charge is 0.341 e. The van der Waals surface area contributed by atoms with E-state index in [4.69, 9.17) is 0 Å². The molecule has 1 N–H and O–H groups in total. The molecule has 0 aliphatic carbocycles. The normalized spacial score (nSPS) is 16.3. The third kappa shape index (κ3) is 4.88. The fourth-order valence-corrected chi connectivity index (χ4v) is 4.60. The van der Waals surface area contributed by atoms with E-state index in [1.165, 1.54) is 23.5 Å². The van der Waals surface area contributed by atoms with Crippen molar-refractivity contribution in [3.05, 3.63) is 82.1 Å². The number of halogens is 2. The molecule has 1 amide bonds. The summed E-state index contributed by atoms with van der Waals surface area (Å²) >= 11 is 1.53. The van der Waals surface area contributed by atoms with Gasteiger partial charge in [-0.15, -0.1) is 11.3 Å². The molecule has 8 heteroatoms. The van der Waals surface area contributed by atoms with Crippen molar-refractivity contribution in [3.8, 4) is 0 Å². The Morgan fingerprint density at radius 2 is 1.97 bits per heavy atom. The number of pyridine rings is 1. The summed E-state index contributed by atoms with van der Waals surface area (Å²) in [7, 11) is 0. The van der Waals surface area contributed by atoms with Crippen LogP contribution in [0.15, 0.2) is 54.2 Å². The van der Waals surface area contributed by atoms with Gasteiger partial charge < -0.3 is 5.32 Å². The first-order chi connectivity index (χ1) is 14.6. The number of hydrogen-bond donors (Lipinski definition) is 1. The number of aromatic nitrogens is 2. The SMILES string of the molecule is O=C(N[C@@H](c1nccs1)C1CCN(Cc2ccc(F)c(F)c2)CC1)c1ccccn1. The van der Waals surface area contributed by atoms with E-state index in [2.05, 4.69) is 20.2 Å². The van der Waals surface area contributed by atoms with Crippen LogP contribution in [0.3, 0.4) is 0 Å². The molecule has 1 fully saturated rings. The number of hydrogen-bond acceptors (Lipinski definition) is 5. The molecule has 0 saturated carbocycles. The first-order valence-corrected chi connectivity index (χ1v) is 10.8. The molecule has 0 radical (unpaired) electrons. The van der Waals surface area contributed by atoms with Crippen molar-refractivity contribution in [3.63, 3.8) is 0 Å². The van der Waals surface area contributed by atoms with Gasteiger partial charge in [0.1, 0.15) is 10.7 Å². The lowest BCUT2D eigenvalue weighted by molar-refractivity contribution is 0.0885. The standard InChI is InChI=1S/C22H22F2N4OS/c23-17-5-4-15(13-18(17)24)14-28-10-6-16(7-11-28)20(22-26-9-12-30-22)27-21(29)19-3-1-2-8-25-19/h1-5,8-9,12-13,16,20H,6-7,10-11,14H2,(H,27,29)/t20-/m1/s1. The number of likely N-dealkylation sites (tertiary alicyclic amines) is 1. The molecular weight excluding hydrogens is 406 g/mol. The third-order valence-electron chi connectivity index (χ3n) is 5.40. The fourth-order valence-electron chi connectivity index (χ4n) is 3.82. The van der Waals surface area contributed by atoms with E-state index < -0.39 is 11.6 Å². The predicted molar refractivity (Wildman–Crippen MR) is 111 cm³/mol. The van der Waals surface area contributed by atoms with Gasteiger partial charge in [0.15, 0.2) is 11.6 Å². The molecule has 5 nitrogen and oxygen atoms in total. The second-order valence-corrected chi connectivity index (χ2v) is 8.32. The summed E-state index contributed by atoms with van der Waals surface area (Å²) in [5, 5.41) is 5.92. The first-order valence-electron chi connectivity index (χ1n) is 9.87. The molecule has 1 aliphatic heterocycles. The zero-order chi connectivity index (χ0) is 20.9. The lowest BCUT2D eigenvalue weighted by atomic mass is 9.89. The maximum absolute atomic E-state index is 13.5. The molecule has 1 aromatic carbocycles. The molecule has 30 heavy (non-hydrogen) atoms. The highest BCUT2D eigenvalue weighted by atomic mass is 32.1. The molecule has 3 heterocycles. The highest BCUT2D eigenvalue weighted by Gasteiger charge is 2.31. The Labute approximate surface area is 177 Å². The van der Waals surface area contributed by atoms with Crippen molar-refractivity contribution < 1.29 is 13.6 Å². The minimum atomic E-state index is -0.826. The van der Waals surface area contributed by atoms with E-state index in [1.54, 1.807) is 36.7 Å². The lowest BCUT2D eigenvalue weighted by Crippen LogP contribution is -2.40. The monoisotopic (exact) mass is 428 g/mol. The van der Waals surface area contributed by atoms with E-state index in [9.17, 15) is 13.6 Å². The maximum atomic E-state index is 13.5. The van der Waals surface area contributed by atoms with E-state index in [-0.39, 0.29) is 17.9 Å². The minimum Gasteiger partial charge on any atom is -0.341 e. The number of rotatable bonds is 6. The van der Waals surface area contributed by atoms with Crippen LogP contribution in [0.25, 0.3) is 0 Å². The Bertz CT molecular complexity index is 976. The van der Waals surface area contributed by atoms with Crippen molar-refractivity contribution in [2.24, 2.45) is 5.92 Å². The van der Waals surface area contributed by atoms with Crippen LogP contribution in [0.5, 0.6) is 0 Å². The number of piperidine rings is 1. The topological polar surface area (TPSA) is 58.1 Å². The fraction of sp³-hybridized carbons (Fsp3) is 0.318. The summed E-state index contributed by atoms with van der Waals surface area (Å²) in [5.41, 5.74) is 1.14. The molecule has 1 aliphatic rings. The Balaban J connectivity index is 1.40. The van der Waals surface area contributed by atoms with Crippen LogP contribution in [-0.2, 0) is 6.54 Å². The van der Waals surface area contributed by atoms with Gasteiger partial charge >= 0.3 is 0 Å². The summed E-state index contributed by atoms with van der Waals surface area (Å²) in [4.78, 5) is 23.5. The van der Waals surface area contributed by atoms with E-state index >= 15 is 0 Å². The average Bonchev–Trinajstić information content (AvgIpc) is 3.30. The molecule has 2 aromatic heterocycles. The smallest absolute Gasteiger partial charge is 0.270 e. The van der Waals surface area contributed by atoms with Crippen LogP contribution < -0.4 is 5.32 Å². The molecule has 0 bridgehead atoms. The Morgan fingerprint density at radius 3 is 2.63 bits per heavy atom. The molecule has 0 spiro atoms. The molecule has 4 rings (SSSR count). The summed E-state index contributed by atoms with van der Waals surface area (Å²) in [5.74, 6) is -1.61. The Morgan fingerprint density at radius 1 is 1.13 bits per heavy atom. The maximum Gasteiger partial charge on any atom is 0.270 e. The highest BCUT2D eigenvalue weighted by Crippen LogP contribution is 2.32. The van der Waals surface area contributed by atoms with Crippen LogP contribution in [0.1, 0.15) is 39.9 Å². The van der Waals surface area contributed by atoms with Gasteiger partial charge in [0.25, 0.3) is 5.91 Å². The van der Waals surface area contributed by atoms with E-state index in [0.717, 1.165) is 36.5 Å². The molecule has 1 saturated heterocycles. The van der Waals surface area contributed by atoms with Crippen LogP contribution in [0, 0.1) is 17.6 Å². The molecule has 156 valence electrons. The van der Waals surface area contributed by atoms with Gasteiger partial charge in [-0.2, -0.15) is 0 Å². The van der Waals surface area contributed by atoms with Crippen LogP contribution in [-0.4, -0.2) is 33.9 Å². The lowest BCUT2D eigenvalue weighted by Gasteiger charge is -2.35. The number of benzene rings is 1. The van der Waals surface area contributed by atoms with Crippen molar-refractivity contribution in [2.75, 3.05) is 13.1 Å². The van der Waals surface area contributed by atoms with Gasteiger partial charge in [0, 0.05) is 24.3 Å². The van der Waals surface area contributed by atoms with Crippen molar-refractivity contribution in [1.29, 1.82) is 0 Å². The highest BCUT2D eigenvalue weighted by molar-refractivity contribution is 7.09. The summed E-state index contributed by atoms with van der Waals surface area (Å²) in [6, 6.07) is 9.13. The number of nitrogens with zero attached hydrogens (tertiary/aromatic N) is 3. The van der Waals surface area contributed by atoms with Gasteiger partial charge in [-0.25, -0.2) is 13.8 Å². The van der Waals surface area contributed by atoms with Gasteiger partial charge in [-0.1, -0.05) is 12.1 Å². The number of nitrogens with one attached hydrogen (secondary N) is 1. The predicted octanol–water partition coefficient (Wildman–Crippen LogP) is 4.20.